The van der Waals surface area contributed by atoms with Gasteiger partial charge in [-0.05, 0) is 35.5 Å². The number of halogens is 2. The van der Waals surface area contributed by atoms with Gasteiger partial charge in [-0.3, -0.25) is 0 Å². The molecule has 2 rings (SSSR count). The predicted octanol–water partition coefficient (Wildman–Crippen LogP) is 3.70. The zero-order valence-electron chi connectivity index (χ0n) is 11.7. The normalized spacial score (nSPS) is 12.6. The Morgan fingerprint density at radius 2 is 2.25 bits per heavy atom. The lowest BCUT2D eigenvalue weighted by molar-refractivity contribution is 0.508. The summed E-state index contributed by atoms with van der Waals surface area (Å²) in [5.74, 6) is 0.769. The number of likely N-dealkylation sites (N-methyl/N-ethyl adjacent to an activating group) is 1. The fraction of sp³-hybridized carbons (Fsp3) is 0.400. The SMILES string of the molecule is CCCn1ccnc1CC(NC)c1cccc(Br)c1F. The third-order valence-electron chi connectivity index (χ3n) is 3.36. The Hall–Kier alpha value is -1.20. The monoisotopic (exact) mass is 339 g/mol. The summed E-state index contributed by atoms with van der Waals surface area (Å²) >= 11 is 3.24. The summed E-state index contributed by atoms with van der Waals surface area (Å²) in [4.78, 5) is 4.39. The lowest BCUT2D eigenvalue weighted by Gasteiger charge is -2.18. The average Bonchev–Trinajstić information content (AvgIpc) is 2.87. The van der Waals surface area contributed by atoms with E-state index >= 15 is 0 Å². The minimum Gasteiger partial charge on any atom is -0.335 e. The lowest BCUT2D eigenvalue weighted by Crippen LogP contribution is -2.22. The lowest BCUT2D eigenvalue weighted by atomic mass is 10.0. The number of hydrogen-bond acceptors (Lipinski definition) is 2. The van der Waals surface area contributed by atoms with Crippen LogP contribution < -0.4 is 5.32 Å². The van der Waals surface area contributed by atoms with Crippen molar-refractivity contribution < 1.29 is 4.39 Å². The number of aryl methyl sites for hydroxylation is 1. The van der Waals surface area contributed by atoms with Crippen LogP contribution >= 0.6 is 15.9 Å². The second-order valence-electron chi connectivity index (χ2n) is 4.73. The van der Waals surface area contributed by atoms with Gasteiger partial charge in [0.1, 0.15) is 11.6 Å². The van der Waals surface area contributed by atoms with Crippen molar-refractivity contribution in [1.29, 1.82) is 0 Å². The first-order valence-corrected chi connectivity index (χ1v) is 7.57. The fourth-order valence-electron chi connectivity index (χ4n) is 2.31. The molecular weight excluding hydrogens is 321 g/mol. The highest BCUT2D eigenvalue weighted by atomic mass is 79.9. The number of imidazole rings is 1. The first-order valence-electron chi connectivity index (χ1n) is 6.78. The van der Waals surface area contributed by atoms with E-state index < -0.39 is 0 Å². The van der Waals surface area contributed by atoms with Crippen LogP contribution in [0.2, 0.25) is 0 Å². The van der Waals surface area contributed by atoms with Gasteiger partial charge in [0.15, 0.2) is 0 Å². The Labute approximate surface area is 127 Å². The van der Waals surface area contributed by atoms with Crippen LogP contribution in [0.5, 0.6) is 0 Å². The quantitative estimate of drug-likeness (QED) is 0.869. The molecular formula is C15H19BrFN3. The van der Waals surface area contributed by atoms with Gasteiger partial charge < -0.3 is 9.88 Å². The molecule has 5 heteroatoms. The third-order valence-corrected chi connectivity index (χ3v) is 3.97. The van der Waals surface area contributed by atoms with Crippen molar-refractivity contribution in [2.45, 2.75) is 32.4 Å². The van der Waals surface area contributed by atoms with Crippen molar-refractivity contribution >= 4 is 15.9 Å². The molecule has 0 amide bonds. The minimum atomic E-state index is -0.208. The Morgan fingerprint density at radius 3 is 2.95 bits per heavy atom. The molecule has 3 nitrogen and oxygen atoms in total. The van der Waals surface area contributed by atoms with Gasteiger partial charge in [-0.15, -0.1) is 0 Å². The van der Waals surface area contributed by atoms with Crippen LogP contribution in [0.1, 0.15) is 30.8 Å². The van der Waals surface area contributed by atoms with Crippen LogP contribution in [0.25, 0.3) is 0 Å². The molecule has 1 N–H and O–H groups in total. The second-order valence-corrected chi connectivity index (χ2v) is 5.58. The largest absolute Gasteiger partial charge is 0.335 e. The van der Waals surface area contributed by atoms with Crippen LogP contribution in [0.4, 0.5) is 4.39 Å². The van der Waals surface area contributed by atoms with Crippen molar-refractivity contribution in [3.05, 3.63) is 52.3 Å². The highest BCUT2D eigenvalue weighted by molar-refractivity contribution is 9.10. The Morgan fingerprint density at radius 1 is 1.45 bits per heavy atom. The van der Waals surface area contributed by atoms with E-state index in [-0.39, 0.29) is 11.9 Å². The molecule has 108 valence electrons. The second kappa shape index (κ2) is 6.99. The molecule has 1 aromatic carbocycles. The van der Waals surface area contributed by atoms with Crippen LogP contribution in [-0.2, 0) is 13.0 Å². The molecule has 0 fully saturated rings. The molecule has 0 saturated heterocycles. The highest BCUT2D eigenvalue weighted by Crippen LogP contribution is 2.25. The Bertz CT molecular complexity index is 568. The maximum absolute atomic E-state index is 14.2. The van der Waals surface area contributed by atoms with Crippen molar-refractivity contribution in [2.24, 2.45) is 0 Å². The number of benzene rings is 1. The van der Waals surface area contributed by atoms with E-state index in [1.54, 1.807) is 12.3 Å². The molecule has 2 aromatic rings. The van der Waals surface area contributed by atoms with Gasteiger partial charge in [0.2, 0.25) is 0 Å². The first kappa shape index (κ1) is 15.2. The molecule has 0 aliphatic carbocycles. The van der Waals surface area contributed by atoms with E-state index in [0.29, 0.717) is 16.5 Å². The van der Waals surface area contributed by atoms with Crippen molar-refractivity contribution in [3.63, 3.8) is 0 Å². The van der Waals surface area contributed by atoms with Crippen LogP contribution in [0.15, 0.2) is 35.1 Å². The van der Waals surface area contributed by atoms with Gasteiger partial charge in [0.25, 0.3) is 0 Å². The molecule has 0 saturated carbocycles. The summed E-state index contributed by atoms with van der Waals surface area (Å²) < 4.78 is 16.8. The first-order chi connectivity index (χ1) is 9.67. The minimum absolute atomic E-state index is 0.0921. The summed E-state index contributed by atoms with van der Waals surface area (Å²) in [5, 5.41) is 3.18. The third kappa shape index (κ3) is 3.27. The molecule has 1 unspecified atom stereocenters. The molecule has 1 heterocycles. The van der Waals surface area contributed by atoms with Crippen molar-refractivity contribution in [3.8, 4) is 0 Å². The van der Waals surface area contributed by atoms with E-state index in [9.17, 15) is 4.39 Å². The molecule has 1 atom stereocenters. The number of rotatable bonds is 6. The van der Waals surface area contributed by atoms with Gasteiger partial charge >= 0.3 is 0 Å². The number of aromatic nitrogens is 2. The van der Waals surface area contributed by atoms with Gasteiger partial charge in [-0.1, -0.05) is 19.1 Å². The predicted molar refractivity (Wildman–Crippen MR) is 82.1 cm³/mol. The molecule has 1 aromatic heterocycles. The average molecular weight is 340 g/mol. The maximum Gasteiger partial charge on any atom is 0.142 e. The van der Waals surface area contributed by atoms with Crippen LogP contribution in [-0.4, -0.2) is 16.6 Å². The molecule has 0 spiro atoms. The molecule has 20 heavy (non-hydrogen) atoms. The zero-order valence-corrected chi connectivity index (χ0v) is 13.3. The van der Waals surface area contributed by atoms with Gasteiger partial charge in [-0.25, -0.2) is 9.37 Å². The maximum atomic E-state index is 14.2. The van der Waals surface area contributed by atoms with Crippen LogP contribution in [0.3, 0.4) is 0 Å². The Balaban J connectivity index is 2.24. The summed E-state index contributed by atoms with van der Waals surface area (Å²) in [6, 6.07) is 5.29. The van der Waals surface area contributed by atoms with E-state index in [2.05, 4.69) is 37.7 Å². The topological polar surface area (TPSA) is 29.9 Å². The van der Waals surface area contributed by atoms with E-state index in [1.807, 2.05) is 25.4 Å². The van der Waals surface area contributed by atoms with Crippen molar-refractivity contribution in [2.75, 3.05) is 7.05 Å². The number of nitrogens with zero attached hydrogens (tertiary/aromatic N) is 2. The van der Waals surface area contributed by atoms with Gasteiger partial charge in [-0.2, -0.15) is 0 Å². The Kier molecular flexibility index (Phi) is 5.31. The summed E-state index contributed by atoms with van der Waals surface area (Å²) in [6.45, 7) is 3.07. The molecule has 0 radical (unpaired) electrons. The van der Waals surface area contributed by atoms with Gasteiger partial charge in [0, 0.05) is 37.0 Å². The highest BCUT2D eigenvalue weighted by Gasteiger charge is 2.18. The van der Waals surface area contributed by atoms with E-state index in [4.69, 9.17) is 0 Å². The summed E-state index contributed by atoms with van der Waals surface area (Å²) in [6.07, 6.45) is 5.49. The van der Waals surface area contributed by atoms with Crippen LogP contribution in [0, 0.1) is 5.82 Å². The molecule has 0 bridgehead atoms. The standard InChI is InChI=1S/C15H19BrFN3/c1-3-8-20-9-7-19-14(20)10-13(18-2)11-5-4-6-12(16)15(11)17/h4-7,9,13,18H,3,8,10H2,1-2H3. The zero-order chi connectivity index (χ0) is 14.5. The number of nitrogens with one attached hydrogen (secondary N) is 1. The van der Waals surface area contributed by atoms with Gasteiger partial charge in [0.05, 0.1) is 4.47 Å². The molecule has 0 aliphatic heterocycles. The molecule has 0 aliphatic rings. The smallest absolute Gasteiger partial charge is 0.142 e. The summed E-state index contributed by atoms with van der Waals surface area (Å²) in [7, 11) is 1.85. The van der Waals surface area contributed by atoms with Crippen molar-refractivity contribution in [1.82, 2.24) is 14.9 Å². The fourth-order valence-corrected chi connectivity index (χ4v) is 2.70. The number of hydrogen-bond donors (Lipinski definition) is 1. The summed E-state index contributed by atoms with van der Waals surface area (Å²) in [5.41, 5.74) is 0.660. The van der Waals surface area contributed by atoms with E-state index in [0.717, 1.165) is 18.8 Å². The van der Waals surface area contributed by atoms with E-state index in [1.165, 1.54) is 0 Å².